The van der Waals surface area contributed by atoms with Crippen LogP contribution in [0.15, 0.2) is 36.4 Å². The van der Waals surface area contributed by atoms with E-state index < -0.39 is 0 Å². The Hall–Kier alpha value is -1.32. The molecule has 0 saturated carbocycles. The van der Waals surface area contributed by atoms with Crippen LogP contribution in [-0.2, 0) is 17.6 Å². The highest BCUT2D eigenvalue weighted by Gasteiger charge is 2.21. The maximum absolute atomic E-state index is 12.4. The van der Waals surface area contributed by atoms with E-state index in [0.717, 1.165) is 35.8 Å². The number of carbonyl (C=O) groups excluding carboxylic acids is 1. The van der Waals surface area contributed by atoms with Crippen molar-refractivity contribution < 1.29 is 4.79 Å². The molecular formula is C16H16ClNOS. The fraction of sp³-hybridized carbons (Fsp3) is 0.312. The number of nitrogens with zero attached hydrogens (tertiary/aromatic N) is 1. The summed E-state index contributed by atoms with van der Waals surface area (Å²) in [5, 5.41) is 0. The number of fused-ring (bicyclic) bond motifs is 1. The lowest BCUT2D eigenvalue weighted by molar-refractivity contribution is -0.118. The number of rotatable bonds is 3. The van der Waals surface area contributed by atoms with Crippen LogP contribution in [0.25, 0.3) is 0 Å². The summed E-state index contributed by atoms with van der Waals surface area (Å²) in [5.41, 5.74) is 2.37. The first kappa shape index (κ1) is 13.7. The number of hydrogen-bond donors (Lipinski definition) is 0. The van der Waals surface area contributed by atoms with Crippen LogP contribution in [-0.4, -0.2) is 12.5 Å². The van der Waals surface area contributed by atoms with Gasteiger partial charge < -0.3 is 4.90 Å². The van der Waals surface area contributed by atoms with E-state index in [2.05, 4.69) is 12.1 Å². The Morgan fingerprint density at radius 3 is 2.90 bits per heavy atom. The van der Waals surface area contributed by atoms with Crippen LogP contribution in [0.1, 0.15) is 23.3 Å². The predicted octanol–water partition coefficient (Wildman–Crippen LogP) is 4.31. The average molecular weight is 306 g/mol. The number of benzene rings is 1. The second kappa shape index (κ2) is 5.98. The number of carbonyl (C=O) groups is 1. The van der Waals surface area contributed by atoms with Crippen molar-refractivity contribution in [3.8, 4) is 0 Å². The molecule has 0 atom stereocenters. The summed E-state index contributed by atoms with van der Waals surface area (Å²) < 4.78 is 0.788. The highest BCUT2D eigenvalue weighted by atomic mass is 35.5. The van der Waals surface area contributed by atoms with E-state index in [0.29, 0.717) is 6.42 Å². The zero-order valence-electron chi connectivity index (χ0n) is 11.1. The molecule has 104 valence electrons. The maximum atomic E-state index is 12.4. The number of anilines is 1. The first-order valence-electron chi connectivity index (χ1n) is 6.86. The predicted molar refractivity (Wildman–Crippen MR) is 84.8 cm³/mol. The van der Waals surface area contributed by atoms with E-state index in [1.54, 1.807) is 11.3 Å². The van der Waals surface area contributed by atoms with Crippen LogP contribution in [0.3, 0.4) is 0 Å². The number of aryl methyl sites for hydroxylation is 2. The smallest absolute Gasteiger partial charge is 0.227 e. The summed E-state index contributed by atoms with van der Waals surface area (Å²) in [7, 11) is 0. The fourth-order valence-corrected chi connectivity index (χ4v) is 3.73. The van der Waals surface area contributed by atoms with Gasteiger partial charge in [-0.1, -0.05) is 29.8 Å². The van der Waals surface area contributed by atoms with Crippen LogP contribution < -0.4 is 4.90 Å². The second-order valence-corrected chi connectivity index (χ2v) is 6.78. The molecule has 1 aliphatic rings. The monoisotopic (exact) mass is 305 g/mol. The summed E-state index contributed by atoms with van der Waals surface area (Å²) >= 11 is 7.47. The Bertz CT molecular complexity index is 622. The Kier molecular flexibility index (Phi) is 4.08. The Labute approximate surface area is 128 Å². The van der Waals surface area contributed by atoms with Gasteiger partial charge >= 0.3 is 0 Å². The minimum atomic E-state index is 0.210. The van der Waals surface area contributed by atoms with Crippen molar-refractivity contribution in [1.29, 1.82) is 0 Å². The largest absolute Gasteiger partial charge is 0.312 e. The quantitative estimate of drug-likeness (QED) is 0.827. The van der Waals surface area contributed by atoms with E-state index in [1.807, 2.05) is 29.2 Å². The minimum Gasteiger partial charge on any atom is -0.312 e. The van der Waals surface area contributed by atoms with E-state index in [-0.39, 0.29) is 5.91 Å². The Morgan fingerprint density at radius 2 is 2.10 bits per heavy atom. The molecule has 0 fully saturated rings. The summed E-state index contributed by atoms with van der Waals surface area (Å²) in [6, 6.07) is 12.1. The van der Waals surface area contributed by atoms with Gasteiger partial charge in [-0.15, -0.1) is 11.3 Å². The van der Waals surface area contributed by atoms with Crippen molar-refractivity contribution in [2.24, 2.45) is 0 Å². The molecule has 2 heterocycles. The molecule has 0 aliphatic carbocycles. The SMILES string of the molecule is O=C(CCc1ccc(Cl)s1)N1CCCc2ccccc21. The molecular weight excluding hydrogens is 290 g/mol. The molecule has 2 aromatic rings. The van der Waals surface area contributed by atoms with Crippen LogP contribution in [0.2, 0.25) is 4.34 Å². The molecule has 0 N–H and O–H groups in total. The van der Waals surface area contributed by atoms with E-state index in [1.165, 1.54) is 10.4 Å². The van der Waals surface area contributed by atoms with E-state index in [4.69, 9.17) is 11.6 Å². The molecule has 2 nitrogen and oxygen atoms in total. The molecule has 0 bridgehead atoms. The standard InChI is InChI=1S/C16H16ClNOS/c17-15-9-7-13(20-15)8-10-16(19)18-11-3-5-12-4-1-2-6-14(12)18/h1-2,4,6-7,9H,3,5,8,10-11H2. The second-order valence-electron chi connectivity index (χ2n) is 4.98. The van der Waals surface area contributed by atoms with E-state index in [9.17, 15) is 4.79 Å². The summed E-state index contributed by atoms with van der Waals surface area (Å²) in [5.74, 6) is 0.210. The summed E-state index contributed by atoms with van der Waals surface area (Å²) in [4.78, 5) is 15.6. The molecule has 0 unspecified atom stereocenters. The van der Waals surface area contributed by atoms with Crippen LogP contribution in [0, 0.1) is 0 Å². The zero-order valence-corrected chi connectivity index (χ0v) is 12.7. The normalized spacial score (nSPS) is 14.2. The van der Waals surface area contributed by atoms with E-state index >= 15 is 0 Å². The highest BCUT2D eigenvalue weighted by Crippen LogP contribution is 2.28. The molecule has 0 saturated heterocycles. The van der Waals surface area contributed by atoms with Crippen molar-refractivity contribution in [2.75, 3.05) is 11.4 Å². The molecule has 3 rings (SSSR count). The average Bonchev–Trinajstić information content (AvgIpc) is 2.90. The lowest BCUT2D eigenvalue weighted by Crippen LogP contribution is -2.35. The van der Waals surface area contributed by atoms with Gasteiger partial charge in [-0.2, -0.15) is 0 Å². The third-order valence-electron chi connectivity index (χ3n) is 3.63. The van der Waals surface area contributed by atoms with Crippen molar-refractivity contribution >= 4 is 34.5 Å². The fourth-order valence-electron chi connectivity index (χ4n) is 2.64. The van der Waals surface area contributed by atoms with Gasteiger partial charge in [0.1, 0.15) is 0 Å². The minimum absolute atomic E-state index is 0.210. The summed E-state index contributed by atoms with van der Waals surface area (Å²) in [6.07, 6.45) is 3.44. The molecule has 1 aromatic heterocycles. The molecule has 0 spiro atoms. The van der Waals surface area contributed by atoms with Crippen molar-refractivity contribution in [1.82, 2.24) is 0 Å². The van der Waals surface area contributed by atoms with Crippen molar-refractivity contribution in [3.63, 3.8) is 0 Å². The summed E-state index contributed by atoms with van der Waals surface area (Å²) in [6.45, 7) is 0.834. The first-order valence-corrected chi connectivity index (χ1v) is 8.06. The molecule has 0 radical (unpaired) electrons. The number of halogens is 1. The van der Waals surface area contributed by atoms with Crippen LogP contribution in [0.4, 0.5) is 5.69 Å². The molecule has 20 heavy (non-hydrogen) atoms. The number of amides is 1. The Balaban J connectivity index is 1.69. The van der Waals surface area contributed by atoms with Gasteiger partial charge in [0.05, 0.1) is 4.34 Å². The third kappa shape index (κ3) is 2.89. The number of hydrogen-bond acceptors (Lipinski definition) is 2. The first-order chi connectivity index (χ1) is 9.74. The number of thiophene rings is 1. The third-order valence-corrected chi connectivity index (χ3v) is 4.92. The van der Waals surface area contributed by atoms with Gasteiger partial charge in [0.15, 0.2) is 0 Å². The number of para-hydroxylation sites is 1. The van der Waals surface area contributed by atoms with Crippen LogP contribution in [0.5, 0.6) is 0 Å². The molecule has 4 heteroatoms. The maximum Gasteiger partial charge on any atom is 0.227 e. The lowest BCUT2D eigenvalue weighted by Gasteiger charge is -2.29. The van der Waals surface area contributed by atoms with Gasteiger partial charge in [-0.05, 0) is 43.0 Å². The van der Waals surface area contributed by atoms with Gasteiger partial charge in [-0.3, -0.25) is 4.79 Å². The lowest BCUT2D eigenvalue weighted by atomic mass is 10.0. The van der Waals surface area contributed by atoms with Crippen molar-refractivity contribution in [3.05, 3.63) is 51.2 Å². The molecule has 1 aromatic carbocycles. The molecule has 1 amide bonds. The Morgan fingerprint density at radius 1 is 1.25 bits per heavy atom. The highest BCUT2D eigenvalue weighted by molar-refractivity contribution is 7.16. The van der Waals surface area contributed by atoms with Gasteiger partial charge in [0.25, 0.3) is 0 Å². The van der Waals surface area contributed by atoms with Gasteiger partial charge in [0, 0.05) is 23.5 Å². The van der Waals surface area contributed by atoms with Gasteiger partial charge in [-0.25, -0.2) is 0 Å². The zero-order chi connectivity index (χ0) is 13.9. The topological polar surface area (TPSA) is 20.3 Å². The van der Waals surface area contributed by atoms with Gasteiger partial charge in [0.2, 0.25) is 5.91 Å². The van der Waals surface area contributed by atoms with Crippen molar-refractivity contribution in [2.45, 2.75) is 25.7 Å². The van der Waals surface area contributed by atoms with Crippen LogP contribution >= 0.6 is 22.9 Å². The molecule has 1 aliphatic heterocycles.